The van der Waals surface area contributed by atoms with Crippen molar-refractivity contribution < 1.29 is 44.2 Å². The normalized spacial score (nSPS) is 44.7. The van der Waals surface area contributed by atoms with E-state index in [0.29, 0.717) is 11.5 Å². The van der Waals surface area contributed by atoms with Crippen LogP contribution in [0.2, 0.25) is 0 Å². The molecule has 1 aromatic carbocycles. The third-order valence-electron chi connectivity index (χ3n) is 7.97. The van der Waals surface area contributed by atoms with Crippen LogP contribution in [0.25, 0.3) is 0 Å². The molecule has 5 N–H and O–H groups in total. The largest absolute Gasteiger partial charge is 0.493 e. The van der Waals surface area contributed by atoms with Gasteiger partial charge < -0.3 is 44.7 Å². The molecule has 10 nitrogen and oxygen atoms in total. The fourth-order valence-corrected chi connectivity index (χ4v) is 6.55. The average molecular weight is 461 g/mol. The van der Waals surface area contributed by atoms with E-state index in [0.717, 1.165) is 24.9 Å². The molecule has 178 valence electrons. The van der Waals surface area contributed by atoms with Crippen LogP contribution < -0.4 is 14.8 Å². The number of carboxylic acid groups (broad SMARTS) is 1. The van der Waals surface area contributed by atoms with Crippen LogP contribution in [-0.4, -0.2) is 89.0 Å². The fraction of sp³-hybridized carbons (Fsp3) is 0.609. The number of methoxy groups -OCH3 is 1. The van der Waals surface area contributed by atoms with Crippen LogP contribution in [0.1, 0.15) is 17.5 Å². The Morgan fingerprint density at radius 1 is 1.18 bits per heavy atom. The molecule has 2 fully saturated rings. The Kier molecular flexibility index (Phi) is 4.78. The number of aliphatic hydroxyl groups excluding tert-OH is 3. The maximum absolute atomic E-state index is 11.5. The van der Waals surface area contributed by atoms with Crippen molar-refractivity contribution in [3.05, 3.63) is 35.4 Å². The molecule has 5 unspecified atom stereocenters. The molecule has 10 heteroatoms. The number of aliphatic hydroxyl groups is 3. The minimum absolute atomic E-state index is 0.174. The molecular formula is C23H27NO9. The van der Waals surface area contributed by atoms with Crippen LogP contribution in [0.3, 0.4) is 0 Å². The second-order valence-electron chi connectivity index (χ2n) is 9.47. The molecule has 0 aromatic heterocycles. The summed E-state index contributed by atoms with van der Waals surface area (Å²) in [5.74, 6) is 0.0673. The van der Waals surface area contributed by atoms with Gasteiger partial charge in [0.1, 0.15) is 30.5 Å². The number of hydrogen-bond donors (Lipinski definition) is 5. The average Bonchev–Trinajstić information content (AvgIpc) is 3.14. The topological polar surface area (TPSA) is 147 Å². The number of aliphatic carboxylic acids is 1. The summed E-state index contributed by atoms with van der Waals surface area (Å²) in [6.07, 6.45) is -3.79. The summed E-state index contributed by atoms with van der Waals surface area (Å²) in [6, 6.07) is 4.24. The monoisotopic (exact) mass is 461 g/mol. The van der Waals surface area contributed by atoms with Crippen LogP contribution in [0, 0.1) is 5.92 Å². The van der Waals surface area contributed by atoms with Crippen molar-refractivity contribution in [2.45, 2.75) is 67.2 Å². The number of nitrogens with one attached hydrogen (secondary N) is 1. The summed E-state index contributed by atoms with van der Waals surface area (Å²) in [7, 11) is 1.60. The van der Waals surface area contributed by atoms with Gasteiger partial charge in [-0.15, -0.1) is 0 Å². The van der Waals surface area contributed by atoms with E-state index in [4.69, 9.17) is 18.9 Å². The zero-order valence-corrected chi connectivity index (χ0v) is 18.0. The highest BCUT2D eigenvalue weighted by atomic mass is 16.7. The molecule has 10 atom stereocenters. The number of carbonyl (C=O) groups is 1. The van der Waals surface area contributed by atoms with Crippen LogP contribution in [0.4, 0.5) is 0 Å². The highest BCUT2D eigenvalue weighted by Crippen LogP contribution is 2.61. The summed E-state index contributed by atoms with van der Waals surface area (Å²) in [5.41, 5.74) is 1.97. The fourth-order valence-electron chi connectivity index (χ4n) is 6.55. The zero-order valence-electron chi connectivity index (χ0n) is 18.0. The quantitative estimate of drug-likeness (QED) is 0.357. The van der Waals surface area contributed by atoms with Gasteiger partial charge in [0.05, 0.1) is 7.11 Å². The number of piperidine rings is 1. The lowest BCUT2D eigenvalue weighted by Crippen LogP contribution is -2.66. The van der Waals surface area contributed by atoms with Crippen molar-refractivity contribution in [2.24, 2.45) is 5.92 Å². The molecule has 1 aromatic rings. The zero-order chi connectivity index (χ0) is 23.1. The maximum atomic E-state index is 11.5. The summed E-state index contributed by atoms with van der Waals surface area (Å²) in [5, 5.41) is 43.6. The molecule has 0 saturated carbocycles. The molecular weight excluding hydrogens is 434 g/mol. The standard InChI is InChI=1S/C23H27NO9/c1-30-12-4-2-9-8-11-10-3-5-13(20-23(10,6-7-24-11)14(9)18(12)32-20)31-22-17(27)15(25)16(26)19(33-22)21(28)29/h2-5,10-11,13,15-17,19-20,22,24-27H,6-8H2,1H3,(H,28,29)/t10-,11+,13?,15?,16?,17?,19?,20+,22-,23-/m0/s1. The Morgan fingerprint density at radius 2 is 2.00 bits per heavy atom. The van der Waals surface area contributed by atoms with E-state index in [-0.39, 0.29) is 17.4 Å². The van der Waals surface area contributed by atoms with Crippen LogP contribution in [0.15, 0.2) is 24.3 Å². The van der Waals surface area contributed by atoms with E-state index in [2.05, 4.69) is 17.5 Å². The summed E-state index contributed by atoms with van der Waals surface area (Å²) in [4.78, 5) is 11.5. The van der Waals surface area contributed by atoms with Crippen molar-refractivity contribution in [3.8, 4) is 11.5 Å². The molecule has 2 bridgehead atoms. The molecule has 1 spiro atoms. The molecule has 0 radical (unpaired) electrons. The van der Waals surface area contributed by atoms with E-state index in [1.165, 1.54) is 5.56 Å². The van der Waals surface area contributed by atoms with E-state index >= 15 is 0 Å². The first-order chi connectivity index (χ1) is 15.9. The van der Waals surface area contributed by atoms with Crippen molar-refractivity contribution in [1.29, 1.82) is 0 Å². The van der Waals surface area contributed by atoms with E-state index in [1.807, 2.05) is 12.1 Å². The second kappa shape index (κ2) is 7.39. The molecule has 2 saturated heterocycles. The van der Waals surface area contributed by atoms with Crippen molar-refractivity contribution >= 4 is 5.97 Å². The van der Waals surface area contributed by atoms with Crippen molar-refractivity contribution in [2.75, 3.05) is 13.7 Å². The Labute approximate surface area is 189 Å². The molecule has 6 rings (SSSR count). The first-order valence-corrected chi connectivity index (χ1v) is 11.2. The highest BCUT2D eigenvalue weighted by Gasteiger charge is 2.64. The number of ether oxygens (including phenoxy) is 4. The van der Waals surface area contributed by atoms with Gasteiger partial charge in [-0.25, -0.2) is 4.79 Å². The molecule has 2 aliphatic carbocycles. The Bertz CT molecular complexity index is 1010. The number of hydrogen-bond acceptors (Lipinski definition) is 9. The lowest BCUT2D eigenvalue weighted by molar-refractivity contribution is -0.307. The number of benzene rings is 1. The molecule has 33 heavy (non-hydrogen) atoms. The van der Waals surface area contributed by atoms with Gasteiger partial charge >= 0.3 is 5.97 Å². The molecule has 3 aliphatic heterocycles. The SMILES string of the molecule is COc1ccc2c3c1O[C@@H]1C(O[C@H]4OC(C(=O)O)C(O)C(O)C4O)C=C[C@H]4[C@@H](C2)NCC[C@]314. The first kappa shape index (κ1) is 21.3. The Morgan fingerprint density at radius 3 is 2.76 bits per heavy atom. The molecule has 3 heterocycles. The predicted octanol–water partition coefficient (Wildman–Crippen LogP) is -0.925. The smallest absolute Gasteiger partial charge is 0.335 e. The van der Waals surface area contributed by atoms with E-state index in [9.17, 15) is 25.2 Å². The molecule has 0 amide bonds. The summed E-state index contributed by atoms with van der Waals surface area (Å²) < 4.78 is 23.6. The van der Waals surface area contributed by atoms with Gasteiger partial charge in [0.2, 0.25) is 0 Å². The van der Waals surface area contributed by atoms with Crippen LogP contribution in [-0.2, 0) is 26.1 Å². The van der Waals surface area contributed by atoms with Gasteiger partial charge in [0.15, 0.2) is 23.9 Å². The van der Waals surface area contributed by atoms with Gasteiger partial charge in [-0.2, -0.15) is 0 Å². The van der Waals surface area contributed by atoms with E-state index in [1.54, 1.807) is 7.11 Å². The van der Waals surface area contributed by atoms with Gasteiger partial charge in [-0.1, -0.05) is 18.2 Å². The minimum atomic E-state index is -1.77. The van der Waals surface area contributed by atoms with Gasteiger partial charge in [0, 0.05) is 22.9 Å². The third kappa shape index (κ3) is 2.79. The third-order valence-corrected chi connectivity index (χ3v) is 7.97. The highest BCUT2D eigenvalue weighted by molar-refractivity contribution is 5.73. The minimum Gasteiger partial charge on any atom is -0.493 e. The second-order valence-corrected chi connectivity index (χ2v) is 9.47. The summed E-state index contributed by atoms with van der Waals surface area (Å²) >= 11 is 0. The predicted molar refractivity (Wildman–Crippen MR) is 111 cm³/mol. The number of carboxylic acids is 1. The van der Waals surface area contributed by atoms with Crippen molar-refractivity contribution in [1.82, 2.24) is 5.32 Å². The van der Waals surface area contributed by atoms with Crippen LogP contribution in [0.5, 0.6) is 11.5 Å². The lowest BCUT2D eigenvalue weighted by atomic mass is 9.53. The van der Waals surface area contributed by atoms with E-state index < -0.39 is 48.9 Å². The first-order valence-electron chi connectivity index (χ1n) is 11.2. The Hall–Kier alpha value is -2.21. The summed E-state index contributed by atoms with van der Waals surface area (Å²) in [6.45, 7) is 0.812. The molecule has 5 aliphatic rings. The van der Waals surface area contributed by atoms with Gasteiger partial charge in [-0.3, -0.25) is 0 Å². The van der Waals surface area contributed by atoms with Gasteiger partial charge in [-0.05, 0) is 31.0 Å². The van der Waals surface area contributed by atoms with Gasteiger partial charge in [0.25, 0.3) is 0 Å². The lowest BCUT2D eigenvalue weighted by Gasteiger charge is -2.54. The maximum Gasteiger partial charge on any atom is 0.335 e. The number of rotatable bonds is 4. The Balaban J connectivity index is 1.38. The van der Waals surface area contributed by atoms with Crippen molar-refractivity contribution in [3.63, 3.8) is 0 Å². The van der Waals surface area contributed by atoms with Crippen LogP contribution >= 0.6 is 0 Å².